The predicted molar refractivity (Wildman–Crippen MR) is 72.3 cm³/mol. The summed E-state index contributed by atoms with van der Waals surface area (Å²) in [6, 6.07) is 9.78. The van der Waals surface area contributed by atoms with Gasteiger partial charge < -0.3 is 4.74 Å². The molecular weight excluding hydrogens is 224 g/mol. The van der Waals surface area contributed by atoms with E-state index in [0.717, 1.165) is 17.9 Å². The third-order valence-corrected chi connectivity index (χ3v) is 3.71. The third-order valence-electron chi connectivity index (χ3n) is 3.71. The first kappa shape index (κ1) is 13.1. The van der Waals surface area contributed by atoms with Gasteiger partial charge in [0.1, 0.15) is 0 Å². The average Bonchev–Trinajstić information content (AvgIpc) is 2.41. The van der Waals surface area contributed by atoms with Gasteiger partial charge in [0.05, 0.1) is 13.0 Å². The van der Waals surface area contributed by atoms with E-state index < -0.39 is 0 Å². The van der Waals surface area contributed by atoms with Crippen molar-refractivity contribution in [2.75, 3.05) is 6.61 Å². The second-order valence-corrected chi connectivity index (χ2v) is 5.18. The molecule has 1 saturated carbocycles. The van der Waals surface area contributed by atoms with Crippen LogP contribution < -0.4 is 0 Å². The molecule has 2 heteroatoms. The van der Waals surface area contributed by atoms with Gasteiger partial charge in [0.15, 0.2) is 0 Å². The molecule has 2 rings (SSSR count). The summed E-state index contributed by atoms with van der Waals surface area (Å²) in [7, 11) is 0. The zero-order chi connectivity index (χ0) is 12.6. The average molecular weight is 246 g/mol. The second kappa shape index (κ2) is 7.20. The van der Waals surface area contributed by atoms with Gasteiger partial charge in [-0.3, -0.25) is 4.79 Å². The van der Waals surface area contributed by atoms with Crippen molar-refractivity contribution >= 4 is 5.97 Å². The van der Waals surface area contributed by atoms with Crippen molar-refractivity contribution in [1.82, 2.24) is 0 Å². The summed E-state index contributed by atoms with van der Waals surface area (Å²) in [6.07, 6.45) is 8.15. The highest BCUT2D eigenvalue weighted by atomic mass is 16.5. The van der Waals surface area contributed by atoms with E-state index in [0.29, 0.717) is 13.0 Å². The van der Waals surface area contributed by atoms with Crippen LogP contribution in [0.4, 0.5) is 0 Å². The van der Waals surface area contributed by atoms with Crippen molar-refractivity contribution in [2.45, 2.75) is 44.9 Å². The molecule has 1 aromatic carbocycles. The smallest absolute Gasteiger partial charge is 0.310 e. The van der Waals surface area contributed by atoms with E-state index in [-0.39, 0.29) is 5.97 Å². The number of esters is 1. The quantitative estimate of drug-likeness (QED) is 0.740. The Hall–Kier alpha value is -1.31. The molecule has 18 heavy (non-hydrogen) atoms. The zero-order valence-corrected chi connectivity index (χ0v) is 10.9. The number of rotatable bonds is 5. The van der Waals surface area contributed by atoms with Gasteiger partial charge in [-0.25, -0.2) is 0 Å². The Morgan fingerprint density at radius 3 is 2.56 bits per heavy atom. The van der Waals surface area contributed by atoms with Crippen molar-refractivity contribution in [2.24, 2.45) is 5.92 Å². The Kier molecular flexibility index (Phi) is 5.25. The van der Waals surface area contributed by atoms with Crippen molar-refractivity contribution in [3.8, 4) is 0 Å². The van der Waals surface area contributed by atoms with Crippen LogP contribution >= 0.6 is 0 Å². The maximum atomic E-state index is 11.6. The van der Waals surface area contributed by atoms with Crippen LogP contribution in [-0.2, 0) is 16.0 Å². The van der Waals surface area contributed by atoms with Gasteiger partial charge in [-0.1, -0.05) is 62.4 Å². The van der Waals surface area contributed by atoms with E-state index in [2.05, 4.69) is 0 Å². The summed E-state index contributed by atoms with van der Waals surface area (Å²) < 4.78 is 5.31. The molecule has 0 N–H and O–H groups in total. The summed E-state index contributed by atoms with van der Waals surface area (Å²) in [5, 5.41) is 0. The first-order chi connectivity index (χ1) is 8.84. The van der Waals surface area contributed by atoms with Gasteiger partial charge in [-0.15, -0.1) is 0 Å². The lowest BCUT2D eigenvalue weighted by molar-refractivity contribution is -0.143. The van der Waals surface area contributed by atoms with Gasteiger partial charge in [0, 0.05) is 0 Å². The largest absolute Gasteiger partial charge is 0.465 e. The van der Waals surface area contributed by atoms with Crippen LogP contribution in [0.3, 0.4) is 0 Å². The van der Waals surface area contributed by atoms with E-state index in [9.17, 15) is 4.79 Å². The van der Waals surface area contributed by atoms with Gasteiger partial charge in [0.25, 0.3) is 0 Å². The number of ether oxygens (including phenoxy) is 1. The van der Waals surface area contributed by atoms with E-state index in [1.807, 2.05) is 30.3 Å². The molecule has 1 aromatic rings. The lowest BCUT2D eigenvalue weighted by Gasteiger charge is -2.21. The van der Waals surface area contributed by atoms with Gasteiger partial charge in [-0.2, -0.15) is 0 Å². The molecule has 0 bridgehead atoms. The minimum absolute atomic E-state index is 0.1000. The van der Waals surface area contributed by atoms with Crippen LogP contribution in [0.2, 0.25) is 0 Å². The fraction of sp³-hybridized carbons (Fsp3) is 0.562. The highest BCUT2D eigenvalue weighted by molar-refractivity contribution is 5.72. The molecule has 0 aromatic heterocycles. The molecule has 1 aliphatic rings. The molecule has 0 aliphatic heterocycles. The number of hydrogen-bond donors (Lipinski definition) is 0. The molecule has 0 atom stereocenters. The molecular formula is C16H22O2. The minimum atomic E-state index is -0.1000. The van der Waals surface area contributed by atoms with E-state index in [1.165, 1.54) is 32.1 Å². The fourth-order valence-electron chi connectivity index (χ4n) is 2.63. The summed E-state index contributed by atoms with van der Waals surface area (Å²) in [4.78, 5) is 11.6. The predicted octanol–water partition coefficient (Wildman–Crippen LogP) is 3.74. The van der Waals surface area contributed by atoms with Crippen molar-refractivity contribution in [3.63, 3.8) is 0 Å². The highest BCUT2D eigenvalue weighted by Crippen LogP contribution is 2.26. The molecule has 0 unspecified atom stereocenters. The number of benzene rings is 1. The van der Waals surface area contributed by atoms with Crippen LogP contribution in [0.15, 0.2) is 30.3 Å². The van der Waals surface area contributed by atoms with Crippen molar-refractivity contribution in [1.29, 1.82) is 0 Å². The van der Waals surface area contributed by atoms with Gasteiger partial charge >= 0.3 is 5.97 Å². The van der Waals surface area contributed by atoms with Crippen LogP contribution in [0.5, 0.6) is 0 Å². The maximum Gasteiger partial charge on any atom is 0.310 e. The maximum absolute atomic E-state index is 11.6. The van der Waals surface area contributed by atoms with Crippen LogP contribution in [0, 0.1) is 5.92 Å². The summed E-state index contributed by atoms with van der Waals surface area (Å²) in [5.74, 6) is 0.681. The first-order valence-electron chi connectivity index (χ1n) is 7.04. The number of hydrogen-bond acceptors (Lipinski definition) is 2. The Morgan fingerprint density at radius 1 is 1.11 bits per heavy atom. The second-order valence-electron chi connectivity index (χ2n) is 5.18. The third kappa shape index (κ3) is 4.52. The van der Waals surface area contributed by atoms with E-state index in [1.54, 1.807) is 0 Å². The zero-order valence-electron chi connectivity index (χ0n) is 10.9. The topological polar surface area (TPSA) is 26.3 Å². The van der Waals surface area contributed by atoms with Crippen LogP contribution in [0.1, 0.15) is 44.1 Å². The Balaban J connectivity index is 1.62. The van der Waals surface area contributed by atoms with Gasteiger partial charge in [-0.05, 0) is 17.9 Å². The Bertz CT molecular complexity index is 353. The Labute approximate surface area is 109 Å². The van der Waals surface area contributed by atoms with Gasteiger partial charge in [0.2, 0.25) is 0 Å². The molecule has 0 heterocycles. The first-order valence-corrected chi connectivity index (χ1v) is 7.04. The van der Waals surface area contributed by atoms with E-state index >= 15 is 0 Å². The lowest BCUT2D eigenvalue weighted by atomic mass is 9.87. The molecule has 0 saturated heterocycles. The molecule has 1 fully saturated rings. The molecule has 2 nitrogen and oxygen atoms in total. The number of carbonyl (C=O) groups is 1. The highest BCUT2D eigenvalue weighted by Gasteiger charge is 2.14. The lowest BCUT2D eigenvalue weighted by Crippen LogP contribution is -2.13. The standard InChI is InChI=1S/C16H22O2/c17-16(13-15-9-5-2-6-10-15)18-12-11-14-7-3-1-4-8-14/h2,5-6,9-10,14H,1,3-4,7-8,11-13H2. The molecule has 98 valence electrons. The normalized spacial score (nSPS) is 16.4. The monoisotopic (exact) mass is 246 g/mol. The molecule has 0 amide bonds. The summed E-state index contributed by atoms with van der Waals surface area (Å²) in [5.41, 5.74) is 1.03. The van der Waals surface area contributed by atoms with Crippen molar-refractivity contribution < 1.29 is 9.53 Å². The molecule has 0 spiro atoms. The number of carbonyl (C=O) groups excluding carboxylic acids is 1. The Morgan fingerprint density at radius 2 is 1.83 bits per heavy atom. The molecule has 1 aliphatic carbocycles. The molecule has 0 radical (unpaired) electrons. The van der Waals surface area contributed by atoms with Crippen molar-refractivity contribution in [3.05, 3.63) is 35.9 Å². The summed E-state index contributed by atoms with van der Waals surface area (Å²) in [6.45, 7) is 0.594. The van der Waals surface area contributed by atoms with E-state index in [4.69, 9.17) is 4.74 Å². The van der Waals surface area contributed by atoms with Crippen LogP contribution in [-0.4, -0.2) is 12.6 Å². The fourth-order valence-corrected chi connectivity index (χ4v) is 2.63. The van der Waals surface area contributed by atoms with Crippen LogP contribution in [0.25, 0.3) is 0 Å². The minimum Gasteiger partial charge on any atom is -0.465 e. The summed E-state index contributed by atoms with van der Waals surface area (Å²) >= 11 is 0. The SMILES string of the molecule is O=C(Cc1ccccc1)OCCC1CCCCC1.